The maximum absolute atomic E-state index is 11.6. The van der Waals surface area contributed by atoms with Gasteiger partial charge in [0.2, 0.25) is 10.0 Å². The third-order valence-corrected chi connectivity index (χ3v) is 6.92. The summed E-state index contributed by atoms with van der Waals surface area (Å²) in [6.07, 6.45) is 9.00. The van der Waals surface area contributed by atoms with E-state index in [-0.39, 0.29) is 16.9 Å². The second-order valence-corrected chi connectivity index (χ2v) is 9.72. The summed E-state index contributed by atoms with van der Waals surface area (Å²) in [4.78, 5) is 4.26. The molecule has 1 unspecified atom stereocenters. The number of benzene rings is 2. The van der Waals surface area contributed by atoms with Crippen LogP contribution in [0.3, 0.4) is 0 Å². The summed E-state index contributed by atoms with van der Waals surface area (Å²) in [5.41, 5.74) is 3.22. The fourth-order valence-corrected chi connectivity index (χ4v) is 4.78. The number of hydrogen-bond donors (Lipinski definition) is 1. The van der Waals surface area contributed by atoms with Gasteiger partial charge >= 0.3 is 0 Å². The first-order valence-electron chi connectivity index (χ1n) is 10.8. The van der Waals surface area contributed by atoms with E-state index in [0.29, 0.717) is 6.42 Å². The van der Waals surface area contributed by atoms with Crippen molar-refractivity contribution in [1.82, 2.24) is 4.98 Å². The van der Waals surface area contributed by atoms with Crippen molar-refractivity contribution in [3.8, 4) is 11.5 Å². The monoisotopic (exact) mass is 452 g/mol. The molecule has 4 rings (SSSR count). The lowest BCUT2D eigenvalue weighted by Gasteiger charge is -2.22. The number of ether oxygens (including phenoxy) is 2. The summed E-state index contributed by atoms with van der Waals surface area (Å²) in [6, 6.07) is 16.8. The number of sulfonamides is 1. The molecule has 1 aromatic heterocycles. The van der Waals surface area contributed by atoms with Crippen LogP contribution < -0.4 is 14.6 Å². The van der Waals surface area contributed by atoms with Gasteiger partial charge in [-0.1, -0.05) is 18.2 Å². The molecule has 0 radical (unpaired) electrons. The van der Waals surface area contributed by atoms with Crippen LogP contribution in [0, 0.1) is 0 Å². The molecule has 1 saturated carbocycles. The molecule has 1 aliphatic rings. The molecule has 1 heterocycles. The molecule has 7 heteroatoms. The molecule has 168 valence electrons. The van der Waals surface area contributed by atoms with Crippen LogP contribution in [0.15, 0.2) is 71.9 Å². The molecule has 0 amide bonds. The maximum atomic E-state index is 11.6. The number of pyridine rings is 1. The summed E-state index contributed by atoms with van der Waals surface area (Å²) in [5.74, 6) is 1.53. The predicted molar refractivity (Wildman–Crippen MR) is 123 cm³/mol. The lowest BCUT2D eigenvalue weighted by Crippen LogP contribution is -2.13. The first kappa shape index (κ1) is 22.3. The van der Waals surface area contributed by atoms with Crippen LogP contribution in [0.4, 0.5) is 0 Å². The van der Waals surface area contributed by atoms with Crippen LogP contribution >= 0.6 is 0 Å². The maximum Gasteiger partial charge on any atom is 0.238 e. The zero-order valence-corrected chi connectivity index (χ0v) is 18.9. The van der Waals surface area contributed by atoms with Crippen LogP contribution in [-0.4, -0.2) is 26.6 Å². The molecular formula is C25H28N2O4S. The van der Waals surface area contributed by atoms with Gasteiger partial charge in [-0.25, -0.2) is 13.6 Å². The summed E-state index contributed by atoms with van der Waals surface area (Å²) in [7, 11) is -2.06. The molecule has 0 bridgehead atoms. The van der Waals surface area contributed by atoms with E-state index in [1.54, 1.807) is 31.6 Å². The highest BCUT2D eigenvalue weighted by Crippen LogP contribution is 2.37. The van der Waals surface area contributed by atoms with Crippen molar-refractivity contribution in [2.75, 3.05) is 7.11 Å². The molecule has 0 saturated heterocycles. The van der Waals surface area contributed by atoms with Gasteiger partial charge in [-0.3, -0.25) is 4.98 Å². The minimum atomic E-state index is -3.72. The Morgan fingerprint density at radius 1 is 0.969 bits per heavy atom. The van der Waals surface area contributed by atoms with E-state index in [0.717, 1.165) is 41.0 Å². The topological polar surface area (TPSA) is 91.5 Å². The van der Waals surface area contributed by atoms with Crippen LogP contribution in [-0.2, 0) is 16.4 Å². The van der Waals surface area contributed by atoms with Crippen molar-refractivity contribution in [1.29, 1.82) is 0 Å². The predicted octanol–water partition coefficient (Wildman–Crippen LogP) is 4.43. The van der Waals surface area contributed by atoms with Gasteiger partial charge in [-0.05, 0) is 85.2 Å². The summed E-state index contributed by atoms with van der Waals surface area (Å²) < 4.78 is 35.1. The normalized spacial score (nSPS) is 15.4. The van der Waals surface area contributed by atoms with E-state index in [1.807, 2.05) is 30.3 Å². The van der Waals surface area contributed by atoms with Crippen molar-refractivity contribution >= 4 is 10.0 Å². The number of methoxy groups -OCH3 is 1. The molecule has 1 atom stereocenters. The van der Waals surface area contributed by atoms with Gasteiger partial charge in [0.15, 0.2) is 11.5 Å². The summed E-state index contributed by atoms with van der Waals surface area (Å²) in [5, 5.41) is 5.24. The van der Waals surface area contributed by atoms with Gasteiger partial charge in [0, 0.05) is 18.3 Å². The largest absolute Gasteiger partial charge is 0.493 e. The molecule has 6 nitrogen and oxygen atoms in total. The van der Waals surface area contributed by atoms with Gasteiger partial charge in [0.1, 0.15) is 0 Å². The fraction of sp³-hybridized carbons (Fsp3) is 0.320. The average Bonchev–Trinajstić information content (AvgIpc) is 3.31. The third-order valence-electron chi connectivity index (χ3n) is 5.99. The van der Waals surface area contributed by atoms with Crippen LogP contribution in [0.5, 0.6) is 11.5 Å². The molecule has 1 fully saturated rings. The molecule has 2 N–H and O–H groups in total. The highest BCUT2D eigenvalue weighted by molar-refractivity contribution is 7.89. The number of aromatic nitrogens is 1. The zero-order valence-electron chi connectivity index (χ0n) is 18.1. The van der Waals surface area contributed by atoms with Crippen LogP contribution in [0.1, 0.15) is 48.3 Å². The number of nitrogens with zero attached hydrogens (tertiary/aromatic N) is 1. The molecular weight excluding hydrogens is 424 g/mol. The van der Waals surface area contributed by atoms with Gasteiger partial charge in [0.25, 0.3) is 0 Å². The Balaban J connectivity index is 1.67. The Morgan fingerprint density at radius 3 is 2.28 bits per heavy atom. The van der Waals surface area contributed by atoms with Crippen molar-refractivity contribution < 1.29 is 17.9 Å². The van der Waals surface area contributed by atoms with Crippen molar-refractivity contribution in [3.05, 3.63) is 83.7 Å². The highest BCUT2D eigenvalue weighted by atomic mass is 32.2. The SMILES string of the molecule is COc1ccc(C(Cc2ccc(S(N)(=O)=O)cc2)c2ccncc2)cc1OC1CCCC1. The Bertz CT molecular complexity index is 1140. The van der Waals surface area contributed by atoms with E-state index >= 15 is 0 Å². The zero-order chi connectivity index (χ0) is 22.6. The average molecular weight is 453 g/mol. The second-order valence-electron chi connectivity index (χ2n) is 8.16. The minimum Gasteiger partial charge on any atom is -0.493 e. The highest BCUT2D eigenvalue weighted by Gasteiger charge is 2.21. The van der Waals surface area contributed by atoms with E-state index in [9.17, 15) is 8.42 Å². The molecule has 32 heavy (non-hydrogen) atoms. The smallest absolute Gasteiger partial charge is 0.238 e. The first-order valence-corrected chi connectivity index (χ1v) is 12.3. The third kappa shape index (κ3) is 5.29. The Hall–Kier alpha value is -2.90. The Labute approximate surface area is 189 Å². The minimum absolute atomic E-state index is 0.0372. The van der Waals surface area contributed by atoms with Crippen LogP contribution in [0.2, 0.25) is 0 Å². The van der Waals surface area contributed by atoms with E-state index in [2.05, 4.69) is 17.1 Å². The van der Waals surface area contributed by atoms with Crippen molar-refractivity contribution in [2.24, 2.45) is 5.14 Å². The Morgan fingerprint density at radius 2 is 1.66 bits per heavy atom. The lowest BCUT2D eigenvalue weighted by molar-refractivity contribution is 0.200. The number of hydrogen-bond acceptors (Lipinski definition) is 5. The molecule has 3 aromatic rings. The molecule has 0 spiro atoms. The van der Waals surface area contributed by atoms with Gasteiger partial charge in [-0.2, -0.15) is 0 Å². The number of nitrogens with two attached hydrogens (primary N) is 1. The van der Waals surface area contributed by atoms with Crippen molar-refractivity contribution in [3.63, 3.8) is 0 Å². The van der Waals surface area contributed by atoms with Gasteiger partial charge in [-0.15, -0.1) is 0 Å². The standard InChI is InChI=1S/C25H28N2O4S/c1-30-24-11-8-20(17-25(24)31-21-4-2-3-5-21)23(19-12-14-27-15-13-19)16-18-6-9-22(10-7-18)32(26,28)29/h6-15,17,21,23H,2-5,16H2,1H3,(H2,26,28,29). The summed E-state index contributed by atoms with van der Waals surface area (Å²) in [6.45, 7) is 0. The molecule has 0 aliphatic heterocycles. The second kappa shape index (κ2) is 9.71. The molecule has 2 aromatic carbocycles. The summed E-state index contributed by atoms with van der Waals surface area (Å²) >= 11 is 0. The number of primary sulfonamides is 1. The van der Waals surface area contributed by atoms with Gasteiger partial charge < -0.3 is 9.47 Å². The van der Waals surface area contributed by atoms with Crippen LogP contribution in [0.25, 0.3) is 0 Å². The number of rotatable bonds is 8. The van der Waals surface area contributed by atoms with E-state index in [1.165, 1.54) is 12.8 Å². The first-order chi connectivity index (χ1) is 15.4. The van der Waals surface area contributed by atoms with E-state index in [4.69, 9.17) is 14.6 Å². The fourth-order valence-electron chi connectivity index (χ4n) is 4.26. The quantitative estimate of drug-likeness (QED) is 0.546. The Kier molecular flexibility index (Phi) is 6.77. The van der Waals surface area contributed by atoms with E-state index < -0.39 is 10.0 Å². The molecule has 1 aliphatic carbocycles. The van der Waals surface area contributed by atoms with Crippen molar-refractivity contribution in [2.45, 2.75) is 49.0 Å². The van der Waals surface area contributed by atoms with Gasteiger partial charge in [0.05, 0.1) is 18.1 Å². The lowest BCUT2D eigenvalue weighted by atomic mass is 9.86.